The van der Waals surface area contributed by atoms with Crippen LogP contribution in [0.25, 0.3) is 0 Å². The second kappa shape index (κ2) is 9.17. The van der Waals surface area contributed by atoms with Gasteiger partial charge in [0.1, 0.15) is 0 Å². The number of hydrogen-bond acceptors (Lipinski definition) is 3. The summed E-state index contributed by atoms with van der Waals surface area (Å²) in [5.41, 5.74) is 1.71. The minimum atomic E-state index is -0.330. The molecule has 1 aliphatic rings. The van der Waals surface area contributed by atoms with Gasteiger partial charge in [-0.25, -0.2) is 0 Å². The van der Waals surface area contributed by atoms with E-state index in [1.165, 1.54) is 0 Å². The molecule has 146 valence electrons. The van der Waals surface area contributed by atoms with Gasteiger partial charge in [-0.2, -0.15) is 0 Å². The molecule has 3 rings (SSSR count). The van der Waals surface area contributed by atoms with Crippen molar-refractivity contribution in [1.29, 1.82) is 0 Å². The number of nitrogens with zero attached hydrogens (tertiary/aromatic N) is 1. The second-order valence-corrected chi connectivity index (χ2v) is 7.82. The predicted octanol–water partition coefficient (Wildman–Crippen LogP) is 4.34. The van der Waals surface area contributed by atoms with E-state index in [9.17, 15) is 9.59 Å². The lowest BCUT2D eigenvalue weighted by Crippen LogP contribution is -2.38. The van der Waals surface area contributed by atoms with E-state index in [4.69, 9.17) is 23.8 Å². The van der Waals surface area contributed by atoms with Crippen LogP contribution < -0.4 is 10.6 Å². The Morgan fingerprint density at radius 2 is 1.75 bits per heavy atom. The van der Waals surface area contributed by atoms with Gasteiger partial charge in [0.15, 0.2) is 5.11 Å². The molecule has 28 heavy (non-hydrogen) atoms. The van der Waals surface area contributed by atoms with Crippen LogP contribution >= 0.6 is 23.8 Å². The Kier molecular flexibility index (Phi) is 6.65. The van der Waals surface area contributed by atoms with Crippen molar-refractivity contribution in [2.24, 2.45) is 5.92 Å². The number of rotatable bonds is 3. The molecule has 0 aliphatic carbocycles. The lowest BCUT2D eigenvalue weighted by Gasteiger charge is -2.30. The van der Waals surface area contributed by atoms with Crippen LogP contribution in [0.5, 0.6) is 0 Å². The maximum atomic E-state index is 12.7. The number of benzene rings is 2. The molecule has 0 atom stereocenters. The minimum Gasteiger partial charge on any atom is -0.339 e. The SMILES string of the molecule is CC1CCN(C(=O)c2cccc(NC(=S)NC(=O)c3ccc(Cl)cc3)c2)CC1. The highest BCUT2D eigenvalue weighted by atomic mass is 35.5. The first-order valence-electron chi connectivity index (χ1n) is 9.19. The summed E-state index contributed by atoms with van der Waals surface area (Å²) in [6, 6.07) is 13.7. The summed E-state index contributed by atoms with van der Waals surface area (Å²) in [7, 11) is 0. The van der Waals surface area contributed by atoms with Crippen LogP contribution in [0.2, 0.25) is 5.02 Å². The van der Waals surface area contributed by atoms with Crippen molar-refractivity contribution in [3.63, 3.8) is 0 Å². The molecule has 2 aromatic rings. The third-order valence-corrected chi connectivity index (χ3v) is 5.23. The minimum absolute atomic E-state index is 0.0201. The average Bonchev–Trinajstić information content (AvgIpc) is 2.68. The van der Waals surface area contributed by atoms with Gasteiger partial charge in [0.05, 0.1) is 0 Å². The van der Waals surface area contributed by atoms with E-state index >= 15 is 0 Å². The molecule has 0 spiro atoms. The molecule has 7 heteroatoms. The number of halogens is 1. The monoisotopic (exact) mass is 415 g/mol. The molecule has 0 radical (unpaired) electrons. The van der Waals surface area contributed by atoms with Crippen molar-refractivity contribution in [2.75, 3.05) is 18.4 Å². The fourth-order valence-corrected chi connectivity index (χ4v) is 3.40. The molecule has 0 bridgehead atoms. The van der Waals surface area contributed by atoms with Crippen LogP contribution in [0, 0.1) is 5.92 Å². The van der Waals surface area contributed by atoms with E-state index in [1.807, 2.05) is 4.90 Å². The summed E-state index contributed by atoms with van der Waals surface area (Å²) in [4.78, 5) is 26.8. The predicted molar refractivity (Wildman–Crippen MR) is 116 cm³/mol. The van der Waals surface area contributed by atoms with Crippen LogP contribution in [-0.4, -0.2) is 34.9 Å². The van der Waals surface area contributed by atoms with Crippen LogP contribution in [0.3, 0.4) is 0 Å². The van der Waals surface area contributed by atoms with E-state index in [1.54, 1.807) is 48.5 Å². The van der Waals surface area contributed by atoms with E-state index in [-0.39, 0.29) is 16.9 Å². The van der Waals surface area contributed by atoms with Crippen LogP contribution in [0.15, 0.2) is 48.5 Å². The molecule has 0 unspecified atom stereocenters. The molecule has 2 aromatic carbocycles. The van der Waals surface area contributed by atoms with Gasteiger partial charge in [0.25, 0.3) is 11.8 Å². The van der Waals surface area contributed by atoms with Crippen LogP contribution in [0.1, 0.15) is 40.5 Å². The summed E-state index contributed by atoms with van der Waals surface area (Å²) in [6.45, 7) is 3.78. The molecule has 1 aliphatic heterocycles. The first kappa shape index (κ1) is 20.3. The molecule has 5 nitrogen and oxygen atoms in total. The number of carbonyl (C=O) groups is 2. The maximum Gasteiger partial charge on any atom is 0.257 e. The fourth-order valence-electron chi connectivity index (χ4n) is 3.06. The van der Waals surface area contributed by atoms with Crippen molar-refractivity contribution in [3.8, 4) is 0 Å². The van der Waals surface area contributed by atoms with Crippen LogP contribution in [0.4, 0.5) is 5.69 Å². The molecular weight excluding hydrogens is 394 g/mol. The zero-order valence-electron chi connectivity index (χ0n) is 15.6. The van der Waals surface area contributed by atoms with Gasteiger partial charge in [0.2, 0.25) is 0 Å². The highest BCUT2D eigenvalue weighted by molar-refractivity contribution is 7.80. The average molecular weight is 416 g/mol. The van der Waals surface area contributed by atoms with Gasteiger partial charge in [0, 0.05) is 34.9 Å². The Morgan fingerprint density at radius 3 is 2.43 bits per heavy atom. The largest absolute Gasteiger partial charge is 0.339 e. The summed E-state index contributed by atoms with van der Waals surface area (Å²) in [5.74, 6) is 0.356. The lowest BCUT2D eigenvalue weighted by atomic mass is 9.98. The number of piperidine rings is 1. The van der Waals surface area contributed by atoms with Crippen molar-refractivity contribution in [1.82, 2.24) is 10.2 Å². The number of nitrogens with one attached hydrogen (secondary N) is 2. The molecule has 0 saturated carbocycles. The van der Waals surface area contributed by atoms with Crippen LogP contribution in [-0.2, 0) is 0 Å². The van der Waals surface area contributed by atoms with Gasteiger partial charge < -0.3 is 10.2 Å². The number of likely N-dealkylation sites (tertiary alicyclic amines) is 1. The van der Waals surface area contributed by atoms with E-state index in [0.717, 1.165) is 25.9 Å². The van der Waals surface area contributed by atoms with E-state index in [2.05, 4.69) is 17.6 Å². The van der Waals surface area contributed by atoms with E-state index < -0.39 is 0 Å². The zero-order valence-corrected chi connectivity index (χ0v) is 17.1. The second-order valence-electron chi connectivity index (χ2n) is 6.97. The smallest absolute Gasteiger partial charge is 0.257 e. The van der Waals surface area contributed by atoms with Gasteiger partial charge in [-0.05, 0) is 73.4 Å². The Hall–Kier alpha value is -2.44. The Bertz CT molecular complexity index is 877. The van der Waals surface area contributed by atoms with Crippen molar-refractivity contribution in [3.05, 3.63) is 64.7 Å². The molecular formula is C21H22ClN3O2S. The quantitative estimate of drug-likeness (QED) is 0.732. The normalized spacial score (nSPS) is 14.4. The number of hydrogen-bond donors (Lipinski definition) is 2. The summed E-state index contributed by atoms with van der Waals surface area (Å²) < 4.78 is 0. The molecule has 1 saturated heterocycles. The molecule has 0 aromatic heterocycles. The number of anilines is 1. The third kappa shape index (κ3) is 5.30. The van der Waals surface area contributed by atoms with Crippen molar-refractivity contribution in [2.45, 2.75) is 19.8 Å². The van der Waals surface area contributed by atoms with Gasteiger partial charge in [-0.1, -0.05) is 24.6 Å². The molecule has 2 N–H and O–H groups in total. The van der Waals surface area contributed by atoms with Crippen molar-refractivity contribution >= 4 is 46.4 Å². The number of carbonyl (C=O) groups excluding carboxylic acids is 2. The highest BCUT2D eigenvalue weighted by Crippen LogP contribution is 2.19. The zero-order chi connectivity index (χ0) is 20.1. The molecule has 1 heterocycles. The number of amides is 2. The first-order chi connectivity index (χ1) is 13.4. The third-order valence-electron chi connectivity index (χ3n) is 4.77. The van der Waals surface area contributed by atoms with Gasteiger partial charge in [-0.15, -0.1) is 0 Å². The Balaban J connectivity index is 1.60. The Labute approximate surface area is 175 Å². The molecule has 2 amide bonds. The van der Waals surface area contributed by atoms with Gasteiger partial charge >= 0.3 is 0 Å². The topological polar surface area (TPSA) is 61.4 Å². The van der Waals surface area contributed by atoms with Gasteiger partial charge in [-0.3, -0.25) is 14.9 Å². The summed E-state index contributed by atoms with van der Waals surface area (Å²) in [5, 5.41) is 6.31. The van der Waals surface area contributed by atoms with E-state index in [0.29, 0.717) is 27.8 Å². The first-order valence-corrected chi connectivity index (χ1v) is 9.98. The lowest BCUT2D eigenvalue weighted by molar-refractivity contribution is 0.0697. The summed E-state index contributed by atoms with van der Waals surface area (Å²) in [6.07, 6.45) is 2.06. The molecule has 1 fully saturated rings. The van der Waals surface area contributed by atoms with Crippen molar-refractivity contribution < 1.29 is 9.59 Å². The fraction of sp³-hybridized carbons (Fsp3) is 0.286. The summed E-state index contributed by atoms with van der Waals surface area (Å²) >= 11 is 11.1. The number of thiocarbonyl (C=S) groups is 1. The maximum absolute atomic E-state index is 12.7. The Morgan fingerprint density at radius 1 is 1.07 bits per heavy atom. The standard InChI is InChI=1S/C21H22ClN3O2S/c1-14-9-11-25(12-10-14)20(27)16-3-2-4-18(13-16)23-21(28)24-19(26)15-5-7-17(22)8-6-15/h2-8,13-14H,9-12H2,1H3,(H2,23,24,26,28). The highest BCUT2D eigenvalue weighted by Gasteiger charge is 2.21.